The molecule has 0 radical (unpaired) electrons. The van der Waals surface area contributed by atoms with E-state index in [-0.39, 0.29) is 6.10 Å². The van der Waals surface area contributed by atoms with Crippen LogP contribution in [0, 0.1) is 0 Å². The number of benzene rings is 2. The van der Waals surface area contributed by atoms with Crippen LogP contribution in [-0.2, 0) is 16.5 Å². The normalized spacial score (nSPS) is 14.7. The highest BCUT2D eigenvalue weighted by molar-refractivity contribution is 6.00. The van der Waals surface area contributed by atoms with Crippen LogP contribution in [-0.4, -0.2) is 48.2 Å². The van der Waals surface area contributed by atoms with Crippen molar-refractivity contribution in [2.24, 2.45) is 12.8 Å². The summed E-state index contributed by atoms with van der Waals surface area (Å²) in [7, 11) is 1.83. The third-order valence-corrected chi connectivity index (χ3v) is 5.04. The molecule has 8 nitrogen and oxygen atoms in total. The Morgan fingerprint density at radius 2 is 1.90 bits per heavy atom. The summed E-state index contributed by atoms with van der Waals surface area (Å²) in [5.74, 6) is 1.12. The maximum absolute atomic E-state index is 11.9. The van der Waals surface area contributed by atoms with E-state index in [1.807, 2.05) is 19.2 Å². The summed E-state index contributed by atoms with van der Waals surface area (Å²) in [6, 6.07) is 10.7. The van der Waals surface area contributed by atoms with Crippen molar-refractivity contribution in [2.75, 3.05) is 26.4 Å². The molecule has 2 aromatic carbocycles. The SMILES string of the molecule is Cn1ncc2cc(C(N)=O)c(Oc3ccc(OCCOC4CCOCC4)cc3)cc21. The van der Waals surface area contributed by atoms with Crippen molar-refractivity contribution in [3.8, 4) is 17.2 Å². The summed E-state index contributed by atoms with van der Waals surface area (Å²) in [5, 5.41) is 5.02. The molecule has 1 amide bonds. The Hall–Kier alpha value is -3.10. The summed E-state index contributed by atoms with van der Waals surface area (Å²) < 4.78 is 24.5. The van der Waals surface area contributed by atoms with Crippen LogP contribution in [0.5, 0.6) is 17.2 Å². The van der Waals surface area contributed by atoms with Crippen molar-refractivity contribution >= 4 is 16.8 Å². The van der Waals surface area contributed by atoms with Crippen LogP contribution in [0.2, 0.25) is 0 Å². The second-order valence-corrected chi connectivity index (χ2v) is 7.14. The Labute approximate surface area is 174 Å². The molecule has 2 heterocycles. The van der Waals surface area contributed by atoms with Gasteiger partial charge in [-0.2, -0.15) is 5.10 Å². The molecule has 158 valence electrons. The number of aryl methyl sites for hydroxylation is 1. The number of rotatable bonds is 8. The predicted molar refractivity (Wildman–Crippen MR) is 111 cm³/mol. The Kier molecular flexibility index (Phi) is 6.15. The molecule has 1 aliphatic rings. The molecule has 30 heavy (non-hydrogen) atoms. The van der Waals surface area contributed by atoms with Crippen LogP contribution in [0.4, 0.5) is 0 Å². The topological polar surface area (TPSA) is 97.8 Å². The number of carbonyl (C=O) groups excluding carboxylic acids is 1. The van der Waals surface area contributed by atoms with Gasteiger partial charge in [-0.15, -0.1) is 0 Å². The molecule has 1 aliphatic heterocycles. The van der Waals surface area contributed by atoms with Gasteiger partial charge in [-0.25, -0.2) is 0 Å². The van der Waals surface area contributed by atoms with Gasteiger partial charge in [-0.1, -0.05) is 0 Å². The maximum atomic E-state index is 11.9. The second kappa shape index (κ2) is 9.15. The average Bonchev–Trinajstić information content (AvgIpc) is 3.12. The zero-order valence-corrected chi connectivity index (χ0v) is 16.9. The van der Waals surface area contributed by atoms with Crippen LogP contribution in [0.1, 0.15) is 23.2 Å². The standard InChI is InChI=1S/C22H25N3O5/c1-25-20-13-21(19(22(23)26)12-15(20)14-24-25)30-18-4-2-16(3-5-18)28-10-11-29-17-6-8-27-9-7-17/h2-5,12-14,17H,6-11H2,1H3,(H2,23,26). The van der Waals surface area contributed by atoms with Gasteiger partial charge in [0.2, 0.25) is 0 Å². The summed E-state index contributed by atoms with van der Waals surface area (Å²) in [6.07, 6.45) is 3.81. The lowest BCUT2D eigenvalue weighted by atomic mass is 10.1. The van der Waals surface area contributed by atoms with E-state index in [1.165, 1.54) is 0 Å². The van der Waals surface area contributed by atoms with Crippen molar-refractivity contribution < 1.29 is 23.7 Å². The fourth-order valence-electron chi connectivity index (χ4n) is 3.41. The molecule has 2 N–H and O–H groups in total. The minimum absolute atomic E-state index is 0.259. The quantitative estimate of drug-likeness (QED) is 0.572. The highest BCUT2D eigenvalue weighted by Gasteiger charge is 2.15. The lowest BCUT2D eigenvalue weighted by Gasteiger charge is -2.22. The Bertz CT molecular complexity index is 1010. The fourth-order valence-corrected chi connectivity index (χ4v) is 3.41. The third kappa shape index (κ3) is 4.72. The zero-order valence-electron chi connectivity index (χ0n) is 16.9. The first-order valence-electron chi connectivity index (χ1n) is 9.96. The van der Waals surface area contributed by atoms with Gasteiger partial charge in [0.25, 0.3) is 5.91 Å². The summed E-state index contributed by atoms with van der Waals surface area (Å²) in [6.45, 7) is 2.53. The Morgan fingerprint density at radius 1 is 1.17 bits per heavy atom. The monoisotopic (exact) mass is 411 g/mol. The van der Waals surface area contributed by atoms with Crippen LogP contribution in [0.3, 0.4) is 0 Å². The van der Waals surface area contributed by atoms with Gasteiger partial charge < -0.3 is 24.7 Å². The average molecular weight is 411 g/mol. The van der Waals surface area contributed by atoms with Gasteiger partial charge >= 0.3 is 0 Å². The summed E-state index contributed by atoms with van der Waals surface area (Å²) in [4.78, 5) is 11.9. The molecule has 0 saturated carbocycles. The number of fused-ring (bicyclic) bond motifs is 1. The molecule has 0 atom stereocenters. The lowest BCUT2D eigenvalue weighted by Crippen LogP contribution is -2.25. The number of nitrogens with zero attached hydrogens (tertiary/aromatic N) is 2. The van der Waals surface area contributed by atoms with Crippen molar-refractivity contribution in [1.29, 1.82) is 0 Å². The molecular formula is C22H25N3O5. The van der Waals surface area contributed by atoms with Crippen LogP contribution < -0.4 is 15.2 Å². The Balaban J connectivity index is 1.36. The van der Waals surface area contributed by atoms with Crippen molar-refractivity contribution in [1.82, 2.24) is 9.78 Å². The largest absolute Gasteiger partial charge is 0.491 e. The lowest BCUT2D eigenvalue weighted by molar-refractivity contribution is -0.0388. The van der Waals surface area contributed by atoms with E-state index < -0.39 is 5.91 Å². The van der Waals surface area contributed by atoms with E-state index in [9.17, 15) is 4.79 Å². The van der Waals surface area contributed by atoms with E-state index >= 15 is 0 Å². The fraction of sp³-hybridized carbons (Fsp3) is 0.364. The molecule has 1 saturated heterocycles. The number of primary amides is 1. The van der Waals surface area contributed by atoms with Crippen molar-refractivity contribution in [2.45, 2.75) is 18.9 Å². The van der Waals surface area contributed by atoms with Gasteiger partial charge in [0.05, 0.1) is 30.0 Å². The number of amides is 1. The summed E-state index contributed by atoms with van der Waals surface area (Å²) in [5.41, 5.74) is 6.68. The summed E-state index contributed by atoms with van der Waals surface area (Å²) >= 11 is 0. The van der Waals surface area contributed by atoms with E-state index in [0.717, 1.165) is 42.7 Å². The molecule has 0 aliphatic carbocycles. The van der Waals surface area contributed by atoms with Gasteiger partial charge in [0, 0.05) is 31.7 Å². The number of ether oxygens (including phenoxy) is 4. The second-order valence-electron chi connectivity index (χ2n) is 7.14. The van der Waals surface area contributed by atoms with Gasteiger partial charge in [-0.3, -0.25) is 9.48 Å². The number of hydrogen-bond acceptors (Lipinski definition) is 6. The van der Waals surface area contributed by atoms with Crippen LogP contribution in [0.25, 0.3) is 10.9 Å². The van der Waals surface area contributed by atoms with E-state index in [1.54, 1.807) is 35.1 Å². The van der Waals surface area contributed by atoms with Crippen molar-refractivity contribution in [3.05, 3.63) is 48.2 Å². The molecule has 4 rings (SSSR count). The highest BCUT2D eigenvalue weighted by Crippen LogP contribution is 2.30. The van der Waals surface area contributed by atoms with Gasteiger partial charge in [0.15, 0.2) is 0 Å². The highest BCUT2D eigenvalue weighted by atomic mass is 16.5. The Morgan fingerprint density at radius 3 is 2.63 bits per heavy atom. The molecular weight excluding hydrogens is 386 g/mol. The number of nitrogens with two attached hydrogens (primary N) is 1. The van der Waals surface area contributed by atoms with E-state index in [2.05, 4.69) is 5.10 Å². The third-order valence-electron chi connectivity index (χ3n) is 5.04. The van der Waals surface area contributed by atoms with Crippen molar-refractivity contribution in [3.63, 3.8) is 0 Å². The maximum Gasteiger partial charge on any atom is 0.252 e. The zero-order chi connectivity index (χ0) is 20.9. The molecule has 0 spiro atoms. The minimum atomic E-state index is -0.555. The molecule has 0 bridgehead atoms. The molecule has 1 aromatic heterocycles. The van der Waals surface area contributed by atoms with Crippen LogP contribution >= 0.6 is 0 Å². The predicted octanol–water partition coefficient (Wildman–Crippen LogP) is 3.04. The van der Waals surface area contributed by atoms with Crippen LogP contribution in [0.15, 0.2) is 42.6 Å². The molecule has 3 aromatic rings. The first kappa shape index (κ1) is 20.2. The van der Waals surface area contributed by atoms with Gasteiger partial charge in [0.1, 0.15) is 23.9 Å². The molecule has 0 unspecified atom stereocenters. The number of aromatic nitrogens is 2. The van der Waals surface area contributed by atoms with Gasteiger partial charge in [-0.05, 0) is 43.2 Å². The van der Waals surface area contributed by atoms with E-state index in [0.29, 0.717) is 30.3 Å². The first-order chi connectivity index (χ1) is 14.6. The minimum Gasteiger partial charge on any atom is -0.491 e. The number of carbonyl (C=O) groups is 1. The number of hydrogen-bond donors (Lipinski definition) is 1. The first-order valence-corrected chi connectivity index (χ1v) is 9.96. The molecule has 1 fully saturated rings. The van der Waals surface area contributed by atoms with E-state index in [4.69, 9.17) is 24.7 Å². The smallest absolute Gasteiger partial charge is 0.252 e. The molecule has 8 heteroatoms.